The quantitative estimate of drug-likeness (QED) is 0.576. The molecule has 1 aromatic heterocycles. The third-order valence-electron chi connectivity index (χ3n) is 6.34. The largest absolute Gasteiger partial charge is 0.508 e. The first-order valence-corrected chi connectivity index (χ1v) is 12.3. The van der Waals surface area contributed by atoms with Gasteiger partial charge in [-0.2, -0.15) is 0 Å². The van der Waals surface area contributed by atoms with Gasteiger partial charge in [0.25, 0.3) is 0 Å². The fourth-order valence-electron chi connectivity index (χ4n) is 4.53. The van der Waals surface area contributed by atoms with E-state index in [-0.39, 0.29) is 5.91 Å². The van der Waals surface area contributed by atoms with Crippen LogP contribution in [0.3, 0.4) is 0 Å². The van der Waals surface area contributed by atoms with Gasteiger partial charge >= 0.3 is 0 Å². The lowest BCUT2D eigenvalue weighted by Gasteiger charge is -2.33. The molecule has 0 atom stereocenters. The lowest BCUT2D eigenvalue weighted by Crippen LogP contribution is -2.43. The van der Waals surface area contributed by atoms with Gasteiger partial charge in [0.05, 0.1) is 13.1 Å². The number of anilines is 1. The second-order valence-electron chi connectivity index (χ2n) is 8.53. The van der Waals surface area contributed by atoms with Crippen molar-refractivity contribution < 1.29 is 19.4 Å². The minimum atomic E-state index is 0.0863. The number of piperidine rings is 1. The monoisotopic (exact) mass is 464 g/mol. The number of benzene rings is 2. The maximum atomic E-state index is 13.5. The Kier molecular flexibility index (Phi) is 6.51. The Labute approximate surface area is 198 Å². The van der Waals surface area contributed by atoms with Gasteiger partial charge in [-0.1, -0.05) is 18.2 Å². The van der Waals surface area contributed by atoms with Gasteiger partial charge in [0, 0.05) is 16.6 Å². The summed E-state index contributed by atoms with van der Waals surface area (Å²) < 4.78 is 11.4. The first-order chi connectivity index (χ1) is 16.2. The van der Waals surface area contributed by atoms with Crippen LogP contribution < -0.4 is 14.4 Å². The molecule has 0 unspecified atom stereocenters. The van der Waals surface area contributed by atoms with Crippen LogP contribution in [0.15, 0.2) is 60.0 Å². The molecule has 0 aliphatic carbocycles. The van der Waals surface area contributed by atoms with Crippen LogP contribution in [0.2, 0.25) is 0 Å². The molecule has 3 aromatic rings. The van der Waals surface area contributed by atoms with E-state index in [0.717, 1.165) is 42.2 Å². The zero-order valence-corrected chi connectivity index (χ0v) is 19.3. The van der Waals surface area contributed by atoms with Gasteiger partial charge in [0.1, 0.15) is 19.0 Å². The number of amides is 1. The van der Waals surface area contributed by atoms with Crippen molar-refractivity contribution in [2.75, 3.05) is 37.7 Å². The third kappa shape index (κ3) is 5.15. The summed E-state index contributed by atoms with van der Waals surface area (Å²) in [5.41, 5.74) is 2.09. The fraction of sp³-hybridized carbons (Fsp3) is 0.346. The van der Waals surface area contributed by atoms with Gasteiger partial charge in [0.2, 0.25) is 5.91 Å². The second kappa shape index (κ2) is 9.85. The van der Waals surface area contributed by atoms with Crippen LogP contribution in [0, 0.1) is 0 Å². The number of fused-ring (bicyclic) bond motifs is 1. The van der Waals surface area contributed by atoms with Crippen LogP contribution in [0.25, 0.3) is 0 Å². The summed E-state index contributed by atoms with van der Waals surface area (Å²) in [6.45, 7) is 3.76. The number of aromatic hydroxyl groups is 1. The zero-order chi connectivity index (χ0) is 22.6. The first-order valence-electron chi connectivity index (χ1n) is 11.4. The molecule has 33 heavy (non-hydrogen) atoms. The minimum absolute atomic E-state index is 0.0863. The molecular weight excluding hydrogens is 436 g/mol. The van der Waals surface area contributed by atoms with Gasteiger partial charge in [-0.3, -0.25) is 9.69 Å². The van der Waals surface area contributed by atoms with Crippen molar-refractivity contribution >= 4 is 22.9 Å². The molecule has 3 heterocycles. The molecule has 0 saturated carbocycles. The summed E-state index contributed by atoms with van der Waals surface area (Å²) in [7, 11) is 0. The molecule has 2 aromatic carbocycles. The molecule has 1 N–H and O–H groups in total. The highest BCUT2D eigenvalue weighted by atomic mass is 32.1. The van der Waals surface area contributed by atoms with E-state index in [1.54, 1.807) is 23.5 Å². The van der Waals surface area contributed by atoms with Crippen molar-refractivity contribution in [3.63, 3.8) is 0 Å². The van der Waals surface area contributed by atoms with Crippen molar-refractivity contribution in [2.45, 2.75) is 25.3 Å². The van der Waals surface area contributed by atoms with E-state index in [9.17, 15) is 9.90 Å². The molecule has 1 saturated heterocycles. The Morgan fingerprint density at radius 2 is 1.79 bits per heavy atom. The van der Waals surface area contributed by atoms with Crippen LogP contribution in [-0.2, 0) is 11.3 Å². The predicted octanol–water partition coefficient (Wildman–Crippen LogP) is 4.64. The molecule has 0 spiro atoms. The van der Waals surface area contributed by atoms with Gasteiger partial charge in [-0.05, 0) is 73.1 Å². The van der Waals surface area contributed by atoms with E-state index in [2.05, 4.69) is 11.0 Å². The third-order valence-corrected chi connectivity index (χ3v) is 7.20. The number of thiophene rings is 1. The average Bonchev–Trinajstić information content (AvgIpc) is 3.37. The SMILES string of the molecule is O=C(CN1CCC(c2ccc(O)cc2)CC1)N(Cc1cccs1)c1ccc2c(c1)OCCO2. The van der Waals surface area contributed by atoms with Crippen LogP contribution in [0.5, 0.6) is 17.2 Å². The van der Waals surface area contributed by atoms with Crippen molar-refractivity contribution in [3.05, 3.63) is 70.4 Å². The highest BCUT2D eigenvalue weighted by Crippen LogP contribution is 2.35. The molecule has 1 amide bonds. The Bertz CT molecular complexity index is 1080. The summed E-state index contributed by atoms with van der Waals surface area (Å²) in [6, 6.07) is 17.3. The fourth-order valence-corrected chi connectivity index (χ4v) is 5.22. The summed E-state index contributed by atoms with van der Waals surface area (Å²) in [5.74, 6) is 2.27. The van der Waals surface area contributed by atoms with Gasteiger partial charge in [-0.25, -0.2) is 0 Å². The maximum absolute atomic E-state index is 13.5. The van der Waals surface area contributed by atoms with E-state index >= 15 is 0 Å². The molecule has 172 valence electrons. The summed E-state index contributed by atoms with van der Waals surface area (Å²) in [6.07, 6.45) is 2.01. The number of likely N-dealkylation sites (tertiary alicyclic amines) is 1. The molecule has 6 nitrogen and oxygen atoms in total. The van der Waals surface area contributed by atoms with Crippen molar-refractivity contribution in [3.8, 4) is 17.2 Å². The lowest BCUT2D eigenvalue weighted by molar-refractivity contribution is -0.120. The summed E-state index contributed by atoms with van der Waals surface area (Å²) in [4.78, 5) is 18.7. The molecule has 1 fully saturated rings. The molecule has 2 aliphatic rings. The van der Waals surface area contributed by atoms with Crippen LogP contribution in [0.4, 0.5) is 5.69 Å². The average molecular weight is 465 g/mol. The molecule has 0 radical (unpaired) electrons. The van der Waals surface area contributed by atoms with Crippen molar-refractivity contribution in [1.82, 2.24) is 4.90 Å². The van der Waals surface area contributed by atoms with Crippen molar-refractivity contribution in [2.24, 2.45) is 0 Å². The Balaban J connectivity index is 1.27. The highest BCUT2D eigenvalue weighted by Gasteiger charge is 2.26. The smallest absolute Gasteiger partial charge is 0.241 e. The van der Waals surface area contributed by atoms with E-state index in [4.69, 9.17) is 9.47 Å². The minimum Gasteiger partial charge on any atom is -0.508 e. The lowest BCUT2D eigenvalue weighted by atomic mass is 9.89. The Morgan fingerprint density at radius 3 is 2.52 bits per heavy atom. The number of ether oxygens (including phenoxy) is 2. The second-order valence-corrected chi connectivity index (χ2v) is 9.56. The molecule has 7 heteroatoms. The number of rotatable bonds is 6. The molecule has 2 aliphatic heterocycles. The van der Waals surface area contributed by atoms with Crippen LogP contribution in [0.1, 0.15) is 29.2 Å². The van der Waals surface area contributed by atoms with E-state index < -0.39 is 0 Å². The van der Waals surface area contributed by atoms with Gasteiger partial charge in [-0.15, -0.1) is 11.3 Å². The number of hydrogen-bond acceptors (Lipinski definition) is 6. The summed E-state index contributed by atoms with van der Waals surface area (Å²) in [5, 5.41) is 11.6. The topological polar surface area (TPSA) is 62.2 Å². The highest BCUT2D eigenvalue weighted by molar-refractivity contribution is 7.09. The van der Waals surface area contributed by atoms with E-state index in [1.807, 2.05) is 46.7 Å². The Morgan fingerprint density at radius 1 is 1.03 bits per heavy atom. The van der Waals surface area contributed by atoms with Crippen molar-refractivity contribution in [1.29, 1.82) is 0 Å². The predicted molar refractivity (Wildman–Crippen MR) is 129 cm³/mol. The molecule has 0 bridgehead atoms. The standard InChI is InChI=1S/C26H28N2O4S/c29-22-6-3-19(4-7-22)20-9-11-27(12-10-20)18-26(30)28(17-23-2-1-15-33-23)21-5-8-24-25(16-21)32-14-13-31-24/h1-8,15-16,20,29H,9-14,17-18H2. The number of carbonyl (C=O) groups is 1. The zero-order valence-electron chi connectivity index (χ0n) is 18.5. The summed E-state index contributed by atoms with van der Waals surface area (Å²) >= 11 is 1.66. The van der Waals surface area contributed by atoms with E-state index in [0.29, 0.717) is 43.7 Å². The molecular formula is C26H28N2O4S. The van der Waals surface area contributed by atoms with Gasteiger partial charge in [0.15, 0.2) is 11.5 Å². The number of phenolic OH excluding ortho intramolecular Hbond substituents is 1. The number of carbonyl (C=O) groups excluding carboxylic acids is 1. The first kappa shape index (κ1) is 21.8. The van der Waals surface area contributed by atoms with Gasteiger partial charge < -0.3 is 19.5 Å². The molecule has 5 rings (SSSR count). The van der Waals surface area contributed by atoms with Crippen LogP contribution in [-0.4, -0.2) is 48.8 Å². The van der Waals surface area contributed by atoms with E-state index in [1.165, 1.54) is 5.56 Å². The number of hydrogen-bond donors (Lipinski definition) is 1. The maximum Gasteiger partial charge on any atom is 0.241 e. The number of phenols is 1. The Hall–Kier alpha value is -3.03. The normalized spacial score (nSPS) is 16.5. The van der Waals surface area contributed by atoms with Crippen LogP contribution >= 0.6 is 11.3 Å². The number of nitrogens with zero attached hydrogens (tertiary/aromatic N) is 2.